The zero-order valence-electron chi connectivity index (χ0n) is 9.03. The summed E-state index contributed by atoms with van der Waals surface area (Å²) in [6.07, 6.45) is 6.18. The van der Waals surface area contributed by atoms with E-state index in [-0.39, 0.29) is 0 Å². The molecule has 0 atom stereocenters. The quantitative estimate of drug-likeness (QED) is 0.765. The van der Waals surface area contributed by atoms with Crippen molar-refractivity contribution in [3.05, 3.63) is 36.7 Å². The molecule has 1 aromatic carbocycles. The maximum absolute atomic E-state index is 4.16. The Kier molecular flexibility index (Phi) is 3.18. The third-order valence-electron chi connectivity index (χ3n) is 2.53. The Morgan fingerprint density at radius 3 is 3.07 bits per heavy atom. The van der Waals surface area contributed by atoms with Gasteiger partial charge in [-0.1, -0.05) is 25.5 Å². The maximum Gasteiger partial charge on any atom is 0.0435 e. The fourth-order valence-electron chi connectivity index (χ4n) is 1.67. The van der Waals surface area contributed by atoms with Crippen LogP contribution < -0.4 is 5.32 Å². The summed E-state index contributed by atoms with van der Waals surface area (Å²) < 4.78 is 0. The third kappa shape index (κ3) is 2.27. The molecule has 0 amide bonds. The Bertz CT molecular complexity index is 432. The van der Waals surface area contributed by atoms with Crippen molar-refractivity contribution >= 4 is 16.5 Å². The van der Waals surface area contributed by atoms with Crippen LogP contribution >= 0.6 is 0 Å². The molecule has 0 saturated heterocycles. The lowest BCUT2D eigenvalue weighted by atomic mass is 10.1. The minimum atomic E-state index is 1.03. The van der Waals surface area contributed by atoms with Crippen LogP contribution in [-0.2, 0) is 0 Å². The molecule has 2 rings (SSSR count). The van der Waals surface area contributed by atoms with Crippen LogP contribution in [0.3, 0.4) is 0 Å². The molecule has 78 valence electrons. The topological polar surface area (TPSA) is 24.9 Å². The van der Waals surface area contributed by atoms with Gasteiger partial charge < -0.3 is 5.32 Å². The van der Waals surface area contributed by atoms with Crippen LogP contribution in [0.15, 0.2) is 36.7 Å². The number of benzene rings is 1. The van der Waals surface area contributed by atoms with Crippen LogP contribution in [0.2, 0.25) is 0 Å². The molecular weight excluding hydrogens is 184 g/mol. The second-order valence-electron chi connectivity index (χ2n) is 3.68. The molecule has 1 N–H and O–H groups in total. The predicted molar refractivity (Wildman–Crippen MR) is 65.1 cm³/mol. The Balaban J connectivity index is 2.26. The van der Waals surface area contributed by atoms with Gasteiger partial charge in [-0.15, -0.1) is 0 Å². The molecule has 1 aromatic heterocycles. The molecule has 2 nitrogen and oxygen atoms in total. The van der Waals surface area contributed by atoms with Gasteiger partial charge in [0.15, 0.2) is 0 Å². The van der Waals surface area contributed by atoms with Crippen LogP contribution in [0.4, 0.5) is 5.69 Å². The van der Waals surface area contributed by atoms with Crippen molar-refractivity contribution in [1.29, 1.82) is 0 Å². The zero-order chi connectivity index (χ0) is 10.5. The summed E-state index contributed by atoms with van der Waals surface area (Å²) in [5, 5.41) is 5.90. The molecule has 2 aromatic rings. The molecule has 0 aliphatic rings. The van der Waals surface area contributed by atoms with Crippen LogP contribution in [0, 0.1) is 0 Å². The average Bonchev–Trinajstić information content (AvgIpc) is 2.30. The Morgan fingerprint density at radius 1 is 1.27 bits per heavy atom. The second kappa shape index (κ2) is 4.78. The maximum atomic E-state index is 4.16. The van der Waals surface area contributed by atoms with Gasteiger partial charge in [-0.25, -0.2) is 0 Å². The molecule has 0 unspecified atom stereocenters. The van der Waals surface area contributed by atoms with E-state index in [4.69, 9.17) is 0 Å². The molecule has 2 heteroatoms. The molecule has 15 heavy (non-hydrogen) atoms. The first-order valence-corrected chi connectivity index (χ1v) is 5.48. The van der Waals surface area contributed by atoms with Gasteiger partial charge in [-0.05, 0) is 23.9 Å². The summed E-state index contributed by atoms with van der Waals surface area (Å²) in [5.41, 5.74) is 1.19. The van der Waals surface area contributed by atoms with E-state index in [1.165, 1.54) is 29.3 Å². The summed E-state index contributed by atoms with van der Waals surface area (Å²) >= 11 is 0. The summed E-state index contributed by atoms with van der Waals surface area (Å²) in [5.74, 6) is 0. The molecule has 0 spiro atoms. The highest BCUT2D eigenvalue weighted by molar-refractivity contribution is 5.92. The van der Waals surface area contributed by atoms with Gasteiger partial charge in [-0.3, -0.25) is 4.98 Å². The molecule has 0 radical (unpaired) electrons. The molecule has 0 aliphatic heterocycles. The summed E-state index contributed by atoms with van der Waals surface area (Å²) in [4.78, 5) is 4.16. The number of hydrogen-bond acceptors (Lipinski definition) is 2. The Hall–Kier alpha value is -1.57. The van der Waals surface area contributed by atoms with E-state index < -0.39 is 0 Å². The number of rotatable bonds is 4. The molecule has 0 saturated carbocycles. The second-order valence-corrected chi connectivity index (χ2v) is 3.68. The van der Waals surface area contributed by atoms with Crippen molar-refractivity contribution in [1.82, 2.24) is 4.98 Å². The highest BCUT2D eigenvalue weighted by Crippen LogP contribution is 2.21. The van der Waals surface area contributed by atoms with E-state index in [9.17, 15) is 0 Å². The molecule has 0 bridgehead atoms. The van der Waals surface area contributed by atoms with Crippen molar-refractivity contribution in [2.75, 3.05) is 11.9 Å². The first kappa shape index (κ1) is 9.97. The fraction of sp³-hybridized carbons (Fsp3) is 0.308. The molecular formula is C13H16N2. The van der Waals surface area contributed by atoms with Crippen molar-refractivity contribution in [3.8, 4) is 0 Å². The first-order valence-electron chi connectivity index (χ1n) is 5.48. The number of pyridine rings is 1. The summed E-state index contributed by atoms with van der Waals surface area (Å²) in [7, 11) is 0. The van der Waals surface area contributed by atoms with Crippen molar-refractivity contribution < 1.29 is 0 Å². The van der Waals surface area contributed by atoms with E-state index in [1.807, 2.05) is 18.5 Å². The number of fused-ring (bicyclic) bond motifs is 1. The van der Waals surface area contributed by atoms with E-state index in [1.54, 1.807) is 0 Å². The highest BCUT2D eigenvalue weighted by Gasteiger charge is 1.98. The third-order valence-corrected chi connectivity index (χ3v) is 2.53. The predicted octanol–water partition coefficient (Wildman–Crippen LogP) is 3.45. The van der Waals surface area contributed by atoms with Gasteiger partial charge in [0.1, 0.15) is 0 Å². The SMILES string of the molecule is CCCCNc1cccc2ccncc12. The minimum absolute atomic E-state index is 1.03. The van der Waals surface area contributed by atoms with E-state index in [0.29, 0.717) is 0 Å². The molecule has 1 heterocycles. The van der Waals surface area contributed by atoms with Gasteiger partial charge in [0.2, 0.25) is 0 Å². The number of anilines is 1. The van der Waals surface area contributed by atoms with Crippen molar-refractivity contribution in [2.45, 2.75) is 19.8 Å². The van der Waals surface area contributed by atoms with Gasteiger partial charge in [0.25, 0.3) is 0 Å². The summed E-state index contributed by atoms with van der Waals surface area (Å²) in [6.45, 7) is 3.23. The number of nitrogens with zero attached hydrogens (tertiary/aromatic N) is 1. The van der Waals surface area contributed by atoms with Gasteiger partial charge in [0.05, 0.1) is 0 Å². The Labute approximate surface area is 90.3 Å². The molecule has 0 aliphatic carbocycles. The van der Waals surface area contributed by atoms with E-state index in [0.717, 1.165) is 6.54 Å². The highest BCUT2D eigenvalue weighted by atomic mass is 14.9. The van der Waals surface area contributed by atoms with Gasteiger partial charge in [0, 0.05) is 30.0 Å². The lowest BCUT2D eigenvalue weighted by molar-refractivity contribution is 0.835. The lowest BCUT2D eigenvalue weighted by Crippen LogP contribution is -2.01. The number of aromatic nitrogens is 1. The largest absolute Gasteiger partial charge is 0.384 e. The summed E-state index contributed by atoms with van der Waals surface area (Å²) in [6, 6.07) is 8.35. The van der Waals surface area contributed by atoms with Crippen LogP contribution in [0.1, 0.15) is 19.8 Å². The fourth-order valence-corrected chi connectivity index (χ4v) is 1.67. The zero-order valence-corrected chi connectivity index (χ0v) is 9.03. The lowest BCUT2D eigenvalue weighted by Gasteiger charge is -2.08. The minimum Gasteiger partial charge on any atom is -0.384 e. The number of nitrogens with one attached hydrogen (secondary N) is 1. The van der Waals surface area contributed by atoms with E-state index in [2.05, 4.69) is 35.4 Å². The van der Waals surface area contributed by atoms with Gasteiger partial charge in [-0.2, -0.15) is 0 Å². The van der Waals surface area contributed by atoms with Crippen LogP contribution in [0.25, 0.3) is 10.8 Å². The normalized spacial score (nSPS) is 10.5. The molecule has 0 fully saturated rings. The smallest absolute Gasteiger partial charge is 0.0435 e. The Morgan fingerprint density at radius 2 is 2.20 bits per heavy atom. The van der Waals surface area contributed by atoms with Crippen molar-refractivity contribution in [3.63, 3.8) is 0 Å². The average molecular weight is 200 g/mol. The monoisotopic (exact) mass is 200 g/mol. The standard InChI is InChI=1S/C13H16N2/c1-2-3-8-15-13-6-4-5-11-7-9-14-10-12(11)13/h4-7,9-10,15H,2-3,8H2,1H3. The van der Waals surface area contributed by atoms with Crippen LogP contribution in [-0.4, -0.2) is 11.5 Å². The number of hydrogen-bond donors (Lipinski definition) is 1. The van der Waals surface area contributed by atoms with E-state index >= 15 is 0 Å². The van der Waals surface area contributed by atoms with Crippen LogP contribution in [0.5, 0.6) is 0 Å². The van der Waals surface area contributed by atoms with Gasteiger partial charge >= 0.3 is 0 Å². The number of unbranched alkanes of at least 4 members (excludes halogenated alkanes) is 1. The van der Waals surface area contributed by atoms with Crippen molar-refractivity contribution in [2.24, 2.45) is 0 Å². The first-order chi connectivity index (χ1) is 7.42.